The van der Waals surface area contributed by atoms with Crippen molar-refractivity contribution in [3.8, 4) is 5.75 Å². The highest BCUT2D eigenvalue weighted by atomic mass is 32.2. The molecule has 0 fully saturated rings. The SMILES string of the molecule is CCCCNC(=O)[C@H](Cc1ccccc1)N(Cc1ccccc1C)C(=O)CN(c1ccccc1)S(=O)(=O)c1ccc(OC)cc1. The van der Waals surface area contributed by atoms with Gasteiger partial charge in [-0.25, -0.2) is 8.42 Å². The molecule has 4 rings (SSSR count). The Balaban J connectivity index is 1.77. The Labute approximate surface area is 266 Å². The fourth-order valence-corrected chi connectivity index (χ4v) is 6.44. The second-order valence-electron chi connectivity index (χ2n) is 10.8. The summed E-state index contributed by atoms with van der Waals surface area (Å²) in [6, 6.07) is 30.9. The quantitative estimate of drug-likeness (QED) is 0.169. The number of amides is 2. The molecule has 4 aromatic carbocycles. The molecular formula is C36H41N3O5S. The first kappa shape index (κ1) is 33.3. The van der Waals surface area contributed by atoms with E-state index in [0.717, 1.165) is 33.8 Å². The van der Waals surface area contributed by atoms with Crippen LogP contribution >= 0.6 is 0 Å². The molecule has 0 bridgehead atoms. The van der Waals surface area contributed by atoms with E-state index in [-0.39, 0.29) is 23.8 Å². The van der Waals surface area contributed by atoms with Crippen LogP contribution in [-0.2, 0) is 32.6 Å². The third-order valence-electron chi connectivity index (χ3n) is 7.67. The molecule has 2 amide bonds. The smallest absolute Gasteiger partial charge is 0.264 e. The second-order valence-corrected chi connectivity index (χ2v) is 12.7. The first-order valence-corrected chi connectivity index (χ1v) is 16.6. The van der Waals surface area contributed by atoms with E-state index in [1.807, 2.05) is 68.4 Å². The van der Waals surface area contributed by atoms with E-state index < -0.39 is 28.5 Å². The first-order valence-electron chi connectivity index (χ1n) is 15.1. The van der Waals surface area contributed by atoms with Crippen molar-refractivity contribution >= 4 is 27.5 Å². The van der Waals surface area contributed by atoms with Gasteiger partial charge >= 0.3 is 0 Å². The zero-order chi connectivity index (χ0) is 32.2. The van der Waals surface area contributed by atoms with Crippen LogP contribution in [0, 0.1) is 6.92 Å². The molecule has 0 aliphatic carbocycles. The molecule has 0 unspecified atom stereocenters. The van der Waals surface area contributed by atoms with Crippen LogP contribution in [0.2, 0.25) is 0 Å². The number of nitrogens with one attached hydrogen (secondary N) is 1. The van der Waals surface area contributed by atoms with Crippen LogP contribution in [-0.4, -0.2) is 51.4 Å². The molecule has 0 saturated heterocycles. The molecule has 0 saturated carbocycles. The predicted octanol–water partition coefficient (Wildman–Crippen LogP) is 5.76. The second kappa shape index (κ2) is 15.9. The number of rotatable bonds is 15. The highest BCUT2D eigenvalue weighted by molar-refractivity contribution is 7.92. The maximum Gasteiger partial charge on any atom is 0.264 e. The number of aryl methyl sites for hydroxylation is 1. The number of carbonyl (C=O) groups is 2. The van der Waals surface area contributed by atoms with Crippen LogP contribution in [0.1, 0.15) is 36.5 Å². The van der Waals surface area contributed by atoms with Crippen LogP contribution in [0.15, 0.2) is 114 Å². The van der Waals surface area contributed by atoms with Crippen molar-refractivity contribution in [1.82, 2.24) is 10.2 Å². The summed E-state index contributed by atoms with van der Waals surface area (Å²) in [6.45, 7) is 4.11. The Hall–Kier alpha value is -4.63. The van der Waals surface area contributed by atoms with Gasteiger partial charge in [-0.1, -0.05) is 86.1 Å². The van der Waals surface area contributed by atoms with Gasteiger partial charge in [-0.2, -0.15) is 0 Å². The summed E-state index contributed by atoms with van der Waals surface area (Å²) < 4.78 is 34.5. The van der Waals surface area contributed by atoms with E-state index >= 15 is 0 Å². The van der Waals surface area contributed by atoms with Crippen molar-refractivity contribution in [3.05, 3.63) is 126 Å². The lowest BCUT2D eigenvalue weighted by Gasteiger charge is -2.34. The number of nitrogens with zero attached hydrogens (tertiary/aromatic N) is 2. The highest BCUT2D eigenvalue weighted by Crippen LogP contribution is 2.26. The number of unbranched alkanes of at least 4 members (excludes halogenated alkanes) is 1. The Morgan fingerprint density at radius 2 is 1.47 bits per heavy atom. The van der Waals surface area contributed by atoms with Crippen molar-refractivity contribution in [2.75, 3.05) is 24.5 Å². The summed E-state index contributed by atoms with van der Waals surface area (Å²) >= 11 is 0. The number of para-hydroxylation sites is 1. The average molecular weight is 628 g/mol. The highest BCUT2D eigenvalue weighted by Gasteiger charge is 2.34. The largest absolute Gasteiger partial charge is 0.497 e. The van der Waals surface area contributed by atoms with Crippen LogP contribution in [0.5, 0.6) is 5.75 Å². The predicted molar refractivity (Wildman–Crippen MR) is 178 cm³/mol. The molecule has 0 radical (unpaired) electrons. The monoisotopic (exact) mass is 627 g/mol. The Bertz CT molecular complexity index is 1650. The number of hydrogen-bond donors (Lipinski definition) is 1. The molecule has 0 heterocycles. The standard InChI is InChI=1S/C36H41N3O5S/c1-4-5-24-37-36(41)34(25-29-15-8-6-9-16-29)38(26-30-17-13-12-14-28(30)2)35(40)27-39(31-18-10-7-11-19-31)45(42,43)33-22-20-32(44-3)21-23-33/h6-23,34H,4-5,24-27H2,1-3H3,(H,37,41)/t34-/m0/s1. The Morgan fingerprint density at radius 3 is 2.09 bits per heavy atom. The van der Waals surface area contributed by atoms with Gasteiger partial charge in [0, 0.05) is 19.5 Å². The lowest BCUT2D eigenvalue weighted by molar-refractivity contribution is -0.140. The summed E-state index contributed by atoms with van der Waals surface area (Å²) in [4.78, 5) is 29.9. The fraction of sp³-hybridized carbons (Fsp3) is 0.278. The van der Waals surface area contributed by atoms with Crippen molar-refractivity contribution < 1.29 is 22.7 Å². The van der Waals surface area contributed by atoms with Crippen LogP contribution in [0.3, 0.4) is 0 Å². The lowest BCUT2D eigenvalue weighted by Crippen LogP contribution is -2.53. The van der Waals surface area contributed by atoms with E-state index in [0.29, 0.717) is 18.0 Å². The van der Waals surface area contributed by atoms with E-state index in [4.69, 9.17) is 4.74 Å². The third-order valence-corrected chi connectivity index (χ3v) is 9.46. The molecule has 0 aromatic heterocycles. The van der Waals surface area contributed by atoms with Gasteiger partial charge in [0.2, 0.25) is 11.8 Å². The topological polar surface area (TPSA) is 96.0 Å². The number of carbonyl (C=O) groups excluding carboxylic acids is 2. The minimum Gasteiger partial charge on any atom is -0.497 e. The van der Waals surface area contributed by atoms with E-state index in [9.17, 15) is 18.0 Å². The molecule has 9 heteroatoms. The molecule has 8 nitrogen and oxygen atoms in total. The Morgan fingerprint density at radius 1 is 0.844 bits per heavy atom. The third kappa shape index (κ3) is 8.73. The molecule has 1 N–H and O–H groups in total. The maximum atomic E-state index is 14.5. The van der Waals surface area contributed by atoms with Crippen LogP contribution in [0.4, 0.5) is 5.69 Å². The number of ether oxygens (including phenoxy) is 1. The molecule has 1 atom stereocenters. The average Bonchev–Trinajstić information content (AvgIpc) is 3.06. The van der Waals surface area contributed by atoms with Gasteiger partial charge in [-0.3, -0.25) is 13.9 Å². The number of benzene rings is 4. The molecule has 0 aliphatic rings. The summed E-state index contributed by atoms with van der Waals surface area (Å²) in [5.74, 6) is -0.261. The van der Waals surface area contributed by atoms with Gasteiger partial charge in [0.15, 0.2) is 0 Å². The minimum absolute atomic E-state index is 0.0172. The molecule has 0 aliphatic heterocycles. The van der Waals surface area contributed by atoms with Crippen molar-refractivity contribution in [2.24, 2.45) is 0 Å². The van der Waals surface area contributed by atoms with Gasteiger partial charge in [0.1, 0.15) is 18.3 Å². The molecule has 0 spiro atoms. The van der Waals surface area contributed by atoms with Crippen molar-refractivity contribution in [1.29, 1.82) is 0 Å². The normalized spacial score (nSPS) is 11.8. The Kier molecular flexibility index (Phi) is 11.8. The van der Waals surface area contributed by atoms with Gasteiger partial charge in [0.25, 0.3) is 10.0 Å². The van der Waals surface area contributed by atoms with Crippen LogP contribution in [0.25, 0.3) is 0 Å². The van der Waals surface area contributed by atoms with Gasteiger partial charge < -0.3 is 15.0 Å². The molecule has 4 aromatic rings. The first-order chi connectivity index (χ1) is 21.7. The zero-order valence-corrected chi connectivity index (χ0v) is 26.9. The molecule has 236 valence electrons. The van der Waals surface area contributed by atoms with Gasteiger partial charge in [0.05, 0.1) is 17.7 Å². The van der Waals surface area contributed by atoms with Gasteiger partial charge in [-0.05, 0) is 66.4 Å². The number of methoxy groups -OCH3 is 1. The van der Waals surface area contributed by atoms with Crippen LogP contribution < -0.4 is 14.4 Å². The molecule has 45 heavy (non-hydrogen) atoms. The number of hydrogen-bond acceptors (Lipinski definition) is 5. The zero-order valence-electron chi connectivity index (χ0n) is 26.1. The van der Waals surface area contributed by atoms with Crippen molar-refractivity contribution in [2.45, 2.75) is 50.6 Å². The van der Waals surface area contributed by atoms with E-state index in [2.05, 4.69) is 5.32 Å². The maximum absolute atomic E-state index is 14.5. The molecular weight excluding hydrogens is 586 g/mol. The van der Waals surface area contributed by atoms with E-state index in [1.54, 1.807) is 42.5 Å². The summed E-state index contributed by atoms with van der Waals surface area (Å²) in [5, 5.41) is 3.02. The van der Waals surface area contributed by atoms with E-state index in [1.165, 1.54) is 24.1 Å². The summed E-state index contributed by atoms with van der Waals surface area (Å²) in [5.41, 5.74) is 3.06. The number of anilines is 1. The fourth-order valence-electron chi connectivity index (χ4n) is 5.03. The lowest BCUT2D eigenvalue weighted by atomic mass is 10.0. The number of sulfonamides is 1. The summed E-state index contributed by atoms with van der Waals surface area (Å²) in [6.07, 6.45) is 1.98. The summed E-state index contributed by atoms with van der Waals surface area (Å²) in [7, 11) is -2.68. The van der Waals surface area contributed by atoms with Gasteiger partial charge in [-0.15, -0.1) is 0 Å². The minimum atomic E-state index is -4.18. The van der Waals surface area contributed by atoms with Crippen molar-refractivity contribution in [3.63, 3.8) is 0 Å².